The van der Waals surface area contributed by atoms with Crippen LogP contribution in [0, 0.1) is 0 Å². The maximum absolute atomic E-state index is 12.4. The predicted molar refractivity (Wildman–Crippen MR) is 159 cm³/mol. The van der Waals surface area contributed by atoms with Crippen molar-refractivity contribution in [1.29, 1.82) is 0 Å². The third-order valence-electron chi connectivity index (χ3n) is 7.01. The van der Waals surface area contributed by atoms with E-state index in [0.29, 0.717) is 70.3 Å². The number of hydrogen-bond acceptors (Lipinski definition) is 9. The Hall–Kier alpha value is -4.35. The molecule has 0 aliphatic carbocycles. The van der Waals surface area contributed by atoms with Gasteiger partial charge in [0.05, 0.1) is 5.69 Å². The Morgan fingerprint density at radius 2 is 1.54 bits per heavy atom. The Labute approximate surface area is 241 Å². The van der Waals surface area contributed by atoms with Crippen LogP contribution in [-0.4, -0.2) is 95.6 Å². The van der Waals surface area contributed by atoms with E-state index in [-0.39, 0.29) is 23.5 Å². The number of nitrogens with one attached hydrogen (secondary N) is 1. The molecule has 3 amide bonds. The van der Waals surface area contributed by atoms with Gasteiger partial charge < -0.3 is 35.4 Å². The first-order valence-corrected chi connectivity index (χ1v) is 14.0. The topological polar surface area (TPSA) is 137 Å². The highest BCUT2D eigenvalue weighted by atomic mass is 16.6. The average molecular weight is 565 g/mol. The Balaban J connectivity index is 1.46. The second-order valence-electron chi connectivity index (χ2n) is 11.1. The molecule has 0 bridgehead atoms. The van der Waals surface area contributed by atoms with Gasteiger partial charge in [0.15, 0.2) is 17.3 Å². The number of aryl methyl sites for hydroxylation is 1. The molecule has 220 valence electrons. The summed E-state index contributed by atoms with van der Waals surface area (Å²) in [6.45, 7) is 15.9. The summed E-state index contributed by atoms with van der Waals surface area (Å²) in [5, 5.41) is 3.23. The molecule has 0 atom stereocenters. The zero-order chi connectivity index (χ0) is 29.7. The van der Waals surface area contributed by atoms with Gasteiger partial charge in [-0.3, -0.25) is 9.59 Å². The number of ether oxygens (including phenoxy) is 1. The summed E-state index contributed by atoms with van der Waals surface area (Å²) >= 11 is 0. The quantitative estimate of drug-likeness (QED) is 0.486. The number of carbonyl (C=O) groups is 3. The Morgan fingerprint density at radius 3 is 2.07 bits per heavy atom. The summed E-state index contributed by atoms with van der Waals surface area (Å²) in [6, 6.07) is 7.80. The molecule has 0 radical (unpaired) electrons. The smallest absolute Gasteiger partial charge is 0.410 e. The van der Waals surface area contributed by atoms with E-state index in [9.17, 15) is 14.4 Å². The maximum Gasteiger partial charge on any atom is 0.410 e. The maximum atomic E-state index is 12.4. The second kappa shape index (κ2) is 12.4. The molecule has 3 heterocycles. The molecule has 2 aromatic rings. The minimum atomic E-state index is -0.665. The highest BCUT2D eigenvalue weighted by Crippen LogP contribution is 2.27. The summed E-state index contributed by atoms with van der Waals surface area (Å²) in [4.78, 5) is 53.8. The number of rotatable bonds is 7. The number of amides is 3. The van der Waals surface area contributed by atoms with Crippen molar-refractivity contribution in [3.63, 3.8) is 0 Å². The zero-order valence-electron chi connectivity index (χ0n) is 24.4. The van der Waals surface area contributed by atoms with E-state index in [4.69, 9.17) is 15.5 Å². The standard InChI is InChI=1S/C29H40N8O4/c1-6-22-27(36-16-14-35(15-17-36)23(38)7-2)33-26(24(32-22)25(30)39)31-20-8-10-21(11-9-20)34-12-18-37(19-13-34)28(40)41-29(3,4)5/h7-11H,2,6,12-19H2,1,3-5H3,(H2,30,39)(H,31,33). The first-order valence-electron chi connectivity index (χ1n) is 14.0. The van der Waals surface area contributed by atoms with E-state index in [0.717, 1.165) is 11.4 Å². The lowest BCUT2D eigenvalue weighted by Gasteiger charge is -2.36. The lowest BCUT2D eigenvalue weighted by molar-refractivity contribution is -0.126. The van der Waals surface area contributed by atoms with Crippen LogP contribution in [0.1, 0.15) is 43.9 Å². The minimum Gasteiger partial charge on any atom is -0.444 e. The van der Waals surface area contributed by atoms with Crippen LogP contribution in [0.25, 0.3) is 0 Å². The molecule has 0 spiro atoms. The Kier molecular flexibility index (Phi) is 8.99. The molecule has 4 rings (SSSR count). The fourth-order valence-corrected chi connectivity index (χ4v) is 4.84. The highest BCUT2D eigenvalue weighted by Gasteiger charge is 2.27. The van der Waals surface area contributed by atoms with Crippen LogP contribution in [0.3, 0.4) is 0 Å². The first-order chi connectivity index (χ1) is 19.5. The van der Waals surface area contributed by atoms with Crippen molar-refractivity contribution >= 4 is 40.9 Å². The molecule has 2 aliphatic heterocycles. The Bertz CT molecular complexity index is 1270. The number of aromatic nitrogens is 2. The minimum absolute atomic E-state index is 0.0772. The fraction of sp³-hybridized carbons (Fsp3) is 0.483. The lowest BCUT2D eigenvalue weighted by atomic mass is 10.2. The summed E-state index contributed by atoms with van der Waals surface area (Å²) in [6.07, 6.45) is 1.61. The molecule has 1 aromatic carbocycles. The number of hydrogen-bond donors (Lipinski definition) is 2. The molecule has 2 fully saturated rings. The van der Waals surface area contributed by atoms with Gasteiger partial charge in [-0.25, -0.2) is 14.8 Å². The van der Waals surface area contributed by atoms with Crippen LogP contribution in [-0.2, 0) is 16.0 Å². The third kappa shape index (κ3) is 7.24. The van der Waals surface area contributed by atoms with E-state index in [2.05, 4.69) is 26.7 Å². The van der Waals surface area contributed by atoms with Crippen LogP contribution in [0.2, 0.25) is 0 Å². The number of nitrogens with zero attached hydrogens (tertiary/aromatic N) is 6. The number of nitrogens with two attached hydrogens (primary N) is 1. The van der Waals surface area contributed by atoms with Crippen LogP contribution in [0.15, 0.2) is 36.9 Å². The van der Waals surface area contributed by atoms with E-state index < -0.39 is 11.5 Å². The summed E-state index contributed by atoms with van der Waals surface area (Å²) in [5.41, 5.74) is 7.67. The average Bonchev–Trinajstić information content (AvgIpc) is 2.96. The van der Waals surface area contributed by atoms with E-state index in [1.54, 1.807) is 9.80 Å². The van der Waals surface area contributed by atoms with Crippen LogP contribution in [0.5, 0.6) is 0 Å². The van der Waals surface area contributed by atoms with Crippen LogP contribution in [0.4, 0.5) is 27.8 Å². The number of carbonyl (C=O) groups excluding carboxylic acids is 3. The van der Waals surface area contributed by atoms with Gasteiger partial charge in [0, 0.05) is 63.7 Å². The van der Waals surface area contributed by atoms with Crippen molar-refractivity contribution in [2.24, 2.45) is 5.73 Å². The van der Waals surface area contributed by atoms with Gasteiger partial charge >= 0.3 is 6.09 Å². The van der Waals surface area contributed by atoms with Gasteiger partial charge in [-0.2, -0.15) is 0 Å². The molecule has 3 N–H and O–H groups in total. The molecule has 41 heavy (non-hydrogen) atoms. The highest BCUT2D eigenvalue weighted by molar-refractivity contribution is 5.96. The van der Waals surface area contributed by atoms with Crippen molar-refractivity contribution in [2.45, 2.75) is 39.7 Å². The van der Waals surface area contributed by atoms with Gasteiger partial charge in [0.25, 0.3) is 5.91 Å². The second-order valence-corrected chi connectivity index (χ2v) is 11.1. The number of piperazine rings is 2. The van der Waals surface area contributed by atoms with Gasteiger partial charge in [0.1, 0.15) is 5.60 Å². The molecule has 1 aromatic heterocycles. The van der Waals surface area contributed by atoms with E-state index in [1.807, 2.05) is 52.0 Å². The summed E-state index contributed by atoms with van der Waals surface area (Å²) in [7, 11) is 0. The molecular formula is C29H40N8O4. The normalized spacial score (nSPS) is 15.9. The molecule has 2 aliphatic rings. The van der Waals surface area contributed by atoms with Gasteiger partial charge in [-0.1, -0.05) is 13.5 Å². The zero-order valence-corrected chi connectivity index (χ0v) is 24.4. The number of primary amides is 1. The van der Waals surface area contributed by atoms with Gasteiger partial charge in [-0.15, -0.1) is 0 Å². The lowest BCUT2D eigenvalue weighted by Crippen LogP contribution is -2.50. The molecule has 12 heteroatoms. The molecule has 0 saturated carbocycles. The molecular weight excluding hydrogens is 524 g/mol. The van der Waals surface area contributed by atoms with Gasteiger partial charge in [0.2, 0.25) is 5.91 Å². The van der Waals surface area contributed by atoms with Crippen molar-refractivity contribution in [3.8, 4) is 0 Å². The summed E-state index contributed by atoms with van der Waals surface area (Å²) < 4.78 is 5.49. The Morgan fingerprint density at radius 1 is 0.951 bits per heavy atom. The van der Waals surface area contributed by atoms with Crippen LogP contribution < -0.4 is 20.9 Å². The SMILES string of the molecule is C=CC(=O)N1CCN(c2nc(Nc3ccc(N4CCN(C(=O)OC(C)(C)C)CC4)cc3)c(C(N)=O)nc2CC)CC1. The number of anilines is 4. The molecule has 2 saturated heterocycles. The van der Waals surface area contributed by atoms with E-state index in [1.165, 1.54) is 6.08 Å². The fourth-order valence-electron chi connectivity index (χ4n) is 4.84. The van der Waals surface area contributed by atoms with E-state index >= 15 is 0 Å². The summed E-state index contributed by atoms with van der Waals surface area (Å²) in [5.74, 6) is 0.201. The van der Waals surface area contributed by atoms with Crippen molar-refractivity contribution in [1.82, 2.24) is 19.8 Å². The third-order valence-corrected chi connectivity index (χ3v) is 7.01. The van der Waals surface area contributed by atoms with Gasteiger partial charge in [-0.05, 0) is 57.5 Å². The molecule has 12 nitrogen and oxygen atoms in total. The first kappa shape index (κ1) is 29.6. The van der Waals surface area contributed by atoms with Crippen molar-refractivity contribution in [2.75, 3.05) is 67.5 Å². The predicted octanol–water partition coefficient (Wildman–Crippen LogP) is 2.77. The van der Waals surface area contributed by atoms with Crippen molar-refractivity contribution < 1.29 is 19.1 Å². The largest absolute Gasteiger partial charge is 0.444 e. The van der Waals surface area contributed by atoms with Crippen LogP contribution >= 0.6 is 0 Å². The van der Waals surface area contributed by atoms with Crippen molar-refractivity contribution in [3.05, 3.63) is 48.3 Å². The number of benzene rings is 1. The molecule has 0 unspecified atom stereocenters. The monoisotopic (exact) mass is 564 g/mol.